The first-order valence-electron chi connectivity index (χ1n) is 20.7. The van der Waals surface area contributed by atoms with Crippen LogP contribution in [0, 0.1) is 0 Å². The third-order valence-corrected chi connectivity index (χ3v) is 14.0. The van der Waals surface area contributed by atoms with Crippen molar-refractivity contribution in [3.8, 4) is 0 Å². The van der Waals surface area contributed by atoms with E-state index in [1.807, 2.05) is 0 Å². The number of para-hydroxylation sites is 6. The molecule has 0 amide bonds. The topological polar surface area (TPSA) is 15.3 Å². The highest BCUT2D eigenvalue weighted by Gasteiger charge is 2.44. The van der Waals surface area contributed by atoms with Crippen molar-refractivity contribution in [1.29, 1.82) is 0 Å². The molecule has 0 bridgehead atoms. The zero-order valence-electron chi connectivity index (χ0n) is 32.1. The van der Waals surface area contributed by atoms with Crippen LogP contribution in [0.4, 0.5) is 34.1 Å². The molecule has 60 heavy (non-hydrogen) atoms. The first-order valence-corrected chi connectivity index (χ1v) is 21.0. The van der Waals surface area contributed by atoms with E-state index < -0.39 is 0 Å². The fourth-order valence-corrected chi connectivity index (χ4v) is 11.7. The van der Waals surface area contributed by atoms with E-state index in [0.717, 1.165) is 22.7 Å². The van der Waals surface area contributed by atoms with Crippen LogP contribution in [0.25, 0.3) is 76.2 Å². The van der Waals surface area contributed by atoms with Gasteiger partial charge in [-0.2, -0.15) is 0 Å². The quantitative estimate of drug-likeness (QED) is 0.162. The summed E-state index contributed by atoms with van der Waals surface area (Å²) in [5.74, 6) is 0. The monoisotopic (exact) mass is 780 g/mol. The maximum Gasteiger partial charge on any atom is 0.252 e. The molecule has 6 heteroatoms. The van der Waals surface area contributed by atoms with Crippen LogP contribution >= 0.6 is 11.6 Å². The number of nitrogens with zero attached hydrogens (tertiary/aromatic N) is 4. The van der Waals surface area contributed by atoms with Gasteiger partial charge in [0.1, 0.15) is 0 Å². The number of hydrogen-bond donors (Lipinski definition) is 0. The van der Waals surface area contributed by atoms with E-state index in [1.54, 1.807) is 0 Å². The number of benzene rings is 9. The molecule has 0 aliphatic carbocycles. The van der Waals surface area contributed by atoms with Crippen molar-refractivity contribution in [2.75, 3.05) is 9.80 Å². The summed E-state index contributed by atoms with van der Waals surface area (Å²) < 4.78 is 4.99. The van der Waals surface area contributed by atoms with Crippen molar-refractivity contribution in [3.63, 3.8) is 0 Å². The lowest BCUT2D eigenvalue weighted by molar-refractivity contribution is 1.25. The normalized spacial score (nSPS) is 13.7. The number of halogens is 1. The van der Waals surface area contributed by atoms with Crippen LogP contribution in [0.1, 0.15) is 0 Å². The number of rotatable bonds is 2. The predicted molar refractivity (Wildman–Crippen MR) is 255 cm³/mol. The third kappa shape index (κ3) is 3.72. The maximum atomic E-state index is 7.35. The minimum atomic E-state index is -0.0698. The molecular weight excluding hydrogens is 751 g/mol. The SMILES string of the molecule is Clc1cc2c3c(c1)N(c1ccccc1)c1cc4c(cc1B3c1cc3c5cccc6c7ccccc7n(c3cc1N2c1ccccc1)c65)c1cccc2c3ccccc3n4c21. The minimum absolute atomic E-state index is 0.0698. The Morgan fingerprint density at radius 1 is 0.333 bits per heavy atom. The average Bonchev–Trinajstić information content (AvgIpc) is 4.02. The first kappa shape index (κ1) is 31.5. The Labute approximate surface area is 349 Å². The lowest BCUT2D eigenvalue weighted by atomic mass is 9.33. The van der Waals surface area contributed by atoms with Crippen LogP contribution in [0.5, 0.6) is 0 Å². The standard InChI is InChI=1S/C54H30BClN4/c56-31-25-50-52-51(26-31)58(33-15-5-2-6-16-33)49-30-47-41(39-22-12-20-37-35-18-8-10-24-45(35)60(47)54(37)39)28-43(49)55(52)42-27-40-38-21-11-19-36-34-17-7-9-23-44(34)59(53(36)38)46(40)29-48(42)57(50)32-13-3-1-4-14-32/h1-30H. The summed E-state index contributed by atoms with van der Waals surface area (Å²) in [5.41, 5.74) is 18.0. The minimum Gasteiger partial charge on any atom is -0.311 e. The summed E-state index contributed by atoms with van der Waals surface area (Å²) in [5, 5.41) is 10.9. The molecule has 4 nitrogen and oxygen atoms in total. The van der Waals surface area contributed by atoms with E-state index in [0.29, 0.717) is 5.02 Å². The molecule has 276 valence electrons. The van der Waals surface area contributed by atoms with Gasteiger partial charge < -0.3 is 18.6 Å². The molecule has 15 rings (SSSR count). The molecule has 0 fully saturated rings. The highest BCUT2D eigenvalue weighted by molar-refractivity contribution is 7.00. The molecule has 6 heterocycles. The largest absolute Gasteiger partial charge is 0.311 e. The summed E-state index contributed by atoms with van der Waals surface area (Å²) >= 11 is 7.35. The average molecular weight is 781 g/mol. The van der Waals surface area contributed by atoms with Crippen molar-refractivity contribution in [2.24, 2.45) is 0 Å². The van der Waals surface area contributed by atoms with Crippen LogP contribution < -0.4 is 26.2 Å². The zero-order valence-corrected chi connectivity index (χ0v) is 32.8. The molecule has 0 radical (unpaired) electrons. The van der Waals surface area contributed by atoms with Crippen molar-refractivity contribution >= 4 is 145 Å². The van der Waals surface area contributed by atoms with Gasteiger partial charge in [0.15, 0.2) is 0 Å². The second-order valence-corrected chi connectivity index (χ2v) is 17.0. The highest BCUT2D eigenvalue weighted by atomic mass is 35.5. The molecule has 13 aromatic rings. The number of anilines is 6. The molecule has 0 N–H and O–H groups in total. The van der Waals surface area contributed by atoms with Gasteiger partial charge in [0.2, 0.25) is 0 Å². The number of hydrogen-bond acceptors (Lipinski definition) is 2. The lowest BCUT2D eigenvalue weighted by Gasteiger charge is -2.44. The Morgan fingerprint density at radius 3 is 1.20 bits per heavy atom. The predicted octanol–water partition coefficient (Wildman–Crippen LogP) is 12.7. The van der Waals surface area contributed by atoms with E-state index >= 15 is 0 Å². The Morgan fingerprint density at radius 2 is 0.733 bits per heavy atom. The summed E-state index contributed by atoms with van der Waals surface area (Å²) in [6, 6.07) is 67.3. The summed E-state index contributed by atoms with van der Waals surface area (Å²) in [7, 11) is 0. The van der Waals surface area contributed by atoms with Gasteiger partial charge in [-0.1, -0.05) is 133 Å². The molecule has 4 aromatic heterocycles. The molecule has 9 aromatic carbocycles. The van der Waals surface area contributed by atoms with Gasteiger partial charge in [0.05, 0.1) is 33.1 Å². The van der Waals surface area contributed by atoms with Crippen molar-refractivity contribution in [2.45, 2.75) is 0 Å². The number of aromatic nitrogens is 2. The van der Waals surface area contributed by atoms with E-state index in [1.165, 1.54) is 104 Å². The summed E-state index contributed by atoms with van der Waals surface area (Å²) in [6.07, 6.45) is 0. The Balaban J connectivity index is 1.13. The van der Waals surface area contributed by atoms with E-state index in [4.69, 9.17) is 11.6 Å². The first-order chi connectivity index (χ1) is 29.7. The maximum absolute atomic E-state index is 7.35. The van der Waals surface area contributed by atoms with Crippen LogP contribution in [0.3, 0.4) is 0 Å². The fraction of sp³-hybridized carbons (Fsp3) is 0. The van der Waals surface area contributed by atoms with Crippen molar-refractivity contribution in [1.82, 2.24) is 8.80 Å². The third-order valence-electron chi connectivity index (χ3n) is 13.7. The zero-order chi connectivity index (χ0) is 39.0. The molecule has 2 aliphatic rings. The number of fused-ring (bicyclic) bond motifs is 16. The summed E-state index contributed by atoms with van der Waals surface area (Å²) in [4.78, 5) is 4.92. The molecule has 0 unspecified atom stereocenters. The van der Waals surface area contributed by atoms with Crippen molar-refractivity contribution < 1.29 is 0 Å². The smallest absolute Gasteiger partial charge is 0.252 e. The molecule has 2 aliphatic heterocycles. The Hall–Kier alpha value is -7.47. The molecule has 0 atom stereocenters. The van der Waals surface area contributed by atoms with Crippen LogP contribution in [0.15, 0.2) is 182 Å². The van der Waals surface area contributed by atoms with Crippen molar-refractivity contribution in [3.05, 3.63) is 187 Å². The van der Waals surface area contributed by atoms with Crippen LogP contribution in [-0.4, -0.2) is 15.5 Å². The van der Waals surface area contributed by atoms with Gasteiger partial charge in [-0.3, -0.25) is 0 Å². The molecule has 0 saturated carbocycles. The lowest BCUT2D eigenvalue weighted by Crippen LogP contribution is -2.61. The van der Waals surface area contributed by atoms with Gasteiger partial charge in [-0.15, -0.1) is 0 Å². The summed E-state index contributed by atoms with van der Waals surface area (Å²) in [6.45, 7) is -0.0698. The van der Waals surface area contributed by atoms with Gasteiger partial charge in [0.25, 0.3) is 6.71 Å². The fourth-order valence-electron chi connectivity index (χ4n) is 11.5. The Kier molecular flexibility index (Phi) is 5.76. The van der Waals surface area contributed by atoms with Crippen LogP contribution in [0.2, 0.25) is 5.02 Å². The van der Waals surface area contributed by atoms with Gasteiger partial charge in [-0.05, 0) is 77.1 Å². The highest BCUT2D eigenvalue weighted by Crippen LogP contribution is 2.49. The molecular formula is C54H30BClN4. The second-order valence-electron chi connectivity index (χ2n) is 16.6. The molecule has 0 saturated heterocycles. The van der Waals surface area contributed by atoms with Gasteiger partial charge >= 0.3 is 0 Å². The van der Waals surface area contributed by atoms with Crippen LogP contribution in [-0.2, 0) is 0 Å². The van der Waals surface area contributed by atoms with Gasteiger partial charge in [-0.25, -0.2) is 0 Å². The van der Waals surface area contributed by atoms with E-state index in [9.17, 15) is 0 Å². The van der Waals surface area contributed by atoms with E-state index in [-0.39, 0.29) is 6.71 Å². The van der Waals surface area contributed by atoms with Gasteiger partial charge in [0, 0.05) is 82.2 Å². The second kappa shape index (κ2) is 11.0. The Bertz CT molecular complexity index is 3730. The molecule has 0 spiro atoms. The van der Waals surface area contributed by atoms with E-state index in [2.05, 4.69) is 201 Å².